The number of fused-ring (bicyclic) bond motifs is 1. The van der Waals surface area contributed by atoms with Gasteiger partial charge in [0.2, 0.25) is 6.79 Å². The van der Waals surface area contributed by atoms with Gasteiger partial charge in [-0.15, -0.1) is 0 Å². The lowest BCUT2D eigenvalue weighted by molar-refractivity contribution is 0.0951. The Hall–Kier alpha value is -2.76. The highest BCUT2D eigenvalue weighted by Gasteiger charge is 2.13. The van der Waals surface area contributed by atoms with Crippen LogP contribution in [0.2, 0.25) is 0 Å². The highest BCUT2D eigenvalue weighted by Crippen LogP contribution is 2.32. The van der Waals surface area contributed by atoms with E-state index in [-0.39, 0.29) is 12.7 Å². The Kier molecular flexibility index (Phi) is 5.38. The molecule has 1 amide bonds. The second-order valence-corrected chi connectivity index (χ2v) is 6.41. The molecule has 2 N–H and O–H groups in total. The third-order valence-electron chi connectivity index (χ3n) is 3.94. The number of aromatic nitrogens is 1. The number of carbonyl (C=O) groups is 1. The van der Waals surface area contributed by atoms with E-state index >= 15 is 0 Å². The first kappa shape index (κ1) is 17.1. The zero-order valence-corrected chi connectivity index (χ0v) is 14.5. The minimum atomic E-state index is -0.0875. The quantitative estimate of drug-likeness (QED) is 0.809. The topological polar surface area (TPSA) is 72.5 Å². The van der Waals surface area contributed by atoms with Crippen molar-refractivity contribution in [3.05, 3.63) is 47.7 Å². The standard InChI is InChI=1S/C19H23N3O3/c1-13(2)7-8-20-19(23)15-4-6-18(22-11-15)21-10-14-3-5-16-17(9-14)25-12-24-16/h3-6,9,11,13H,7-8,10,12H2,1-2H3,(H,20,23)(H,21,22). The van der Waals surface area contributed by atoms with Crippen molar-refractivity contribution in [2.45, 2.75) is 26.8 Å². The zero-order valence-electron chi connectivity index (χ0n) is 14.5. The number of nitrogens with zero attached hydrogens (tertiary/aromatic N) is 1. The molecule has 0 fully saturated rings. The molecule has 0 aliphatic carbocycles. The molecule has 1 aromatic carbocycles. The van der Waals surface area contributed by atoms with E-state index in [1.54, 1.807) is 12.3 Å². The Balaban J connectivity index is 1.51. The lowest BCUT2D eigenvalue weighted by atomic mass is 10.1. The molecular weight excluding hydrogens is 318 g/mol. The van der Waals surface area contributed by atoms with Crippen LogP contribution in [-0.2, 0) is 6.54 Å². The Morgan fingerprint density at radius 3 is 2.80 bits per heavy atom. The molecule has 1 aliphatic heterocycles. The van der Waals surface area contributed by atoms with Crippen molar-refractivity contribution in [2.75, 3.05) is 18.7 Å². The van der Waals surface area contributed by atoms with Crippen molar-refractivity contribution in [2.24, 2.45) is 5.92 Å². The number of pyridine rings is 1. The first-order valence-electron chi connectivity index (χ1n) is 8.48. The fraction of sp³-hybridized carbons (Fsp3) is 0.368. The molecule has 0 unspecified atom stereocenters. The second kappa shape index (κ2) is 7.88. The summed E-state index contributed by atoms with van der Waals surface area (Å²) in [5.41, 5.74) is 1.64. The van der Waals surface area contributed by atoms with Crippen LogP contribution in [0.25, 0.3) is 0 Å². The Morgan fingerprint density at radius 2 is 2.04 bits per heavy atom. The smallest absolute Gasteiger partial charge is 0.252 e. The molecule has 0 spiro atoms. The Labute approximate surface area is 147 Å². The fourth-order valence-corrected chi connectivity index (χ4v) is 2.45. The number of hydrogen-bond acceptors (Lipinski definition) is 5. The molecule has 0 radical (unpaired) electrons. The van der Waals surface area contributed by atoms with Crippen LogP contribution in [0.3, 0.4) is 0 Å². The predicted octanol–water partition coefficient (Wildman–Crippen LogP) is 3.20. The molecule has 6 nitrogen and oxygen atoms in total. The van der Waals surface area contributed by atoms with Gasteiger partial charge in [0, 0.05) is 19.3 Å². The number of carbonyl (C=O) groups excluding carboxylic acids is 1. The van der Waals surface area contributed by atoms with Crippen LogP contribution in [0, 0.1) is 5.92 Å². The average Bonchev–Trinajstić information content (AvgIpc) is 3.07. The number of hydrogen-bond donors (Lipinski definition) is 2. The lowest BCUT2D eigenvalue weighted by Gasteiger charge is -2.09. The van der Waals surface area contributed by atoms with Crippen LogP contribution in [0.5, 0.6) is 11.5 Å². The predicted molar refractivity (Wildman–Crippen MR) is 95.9 cm³/mol. The molecule has 2 heterocycles. The summed E-state index contributed by atoms with van der Waals surface area (Å²) in [4.78, 5) is 16.3. The maximum Gasteiger partial charge on any atom is 0.252 e. The lowest BCUT2D eigenvalue weighted by Crippen LogP contribution is -2.25. The van der Waals surface area contributed by atoms with Gasteiger partial charge in [-0.25, -0.2) is 4.98 Å². The van der Waals surface area contributed by atoms with Gasteiger partial charge in [0.1, 0.15) is 5.82 Å². The van der Waals surface area contributed by atoms with E-state index in [1.807, 2.05) is 24.3 Å². The highest BCUT2D eigenvalue weighted by molar-refractivity contribution is 5.94. The van der Waals surface area contributed by atoms with Crippen molar-refractivity contribution >= 4 is 11.7 Å². The summed E-state index contributed by atoms with van der Waals surface area (Å²) in [6.07, 6.45) is 2.56. The van der Waals surface area contributed by atoms with Gasteiger partial charge < -0.3 is 20.1 Å². The number of amides is 1. The minimum Gasteiger partial charge on any atom is -0.454 e. The Bertz CT molecular complexity index is 729. The first-order chi connectivity index (χ1) is 12.1. The third-order valence-corrected chi connectivity index (χ3v) is 3.94. The molecule has 0 bridgehead atoms. The van der Waals surface area contributed by atoms with Crippen LogP contribution in [0.4, 0.5) is 5.82 Å². The van der Waals surface area contributed by atoms with E-state index in [9.17, 15) is 4.79 Å². The van der Waals surface area contributed by atoms with Crippen LogP contribution in [0.15, 0.2) is 36.5 Å². The van der Waals surface area contributed by atoms with Crippen LogP contribution < -0.4 is 20.1 Å². The van der Waals surface area contributed by atoms with Crippen molar-refractivity contribution in [3.63, 3.8) is 0 Å². The van der Waals surface area contributed by atoms with E-state index in [4.69, 9.17) is 9.47 Å². The van der Waals surface area contributed by atoms with Gasteiger partial charge in [0.15, 0.2) is 11.5 Å². The number of benzene rings is 1. The molecule has 1 aliphatic rings. The van der Waals surface area contributed by atoms with Gasteiger partial charge in [0.05, 0.1) is 5.56 Å². The molecule has 0 saturated carbocycles. The molecule has 1 aromatic heterocycles. The molecule has 0 saturated heterocycles. The third kappa shape index (κ3) is 4.62. The molecule has 25 heavy (non-hydrogen) atoms. The van der Waals surface area contributed by atoms with Crippen LogP contribution >= 0.6 is 0 Å². The zero-order chi connectivity index (χ0) is 17.6. The normalized spacial score (nSPS) is 12.3. The SMILES string of the molecule is CC(C)CCNC(=O)c1ccc(NCc2ccc3c(c2)OCO3)nc1. The van der Waals surface area contributed by atoms with Crippen molar-refractivity contribution in [3.8, 4) is 11.5 Å². The van der Waals surface area contributed by atoms with Crippen LogP contribution in [-0.4, -0.2) is 24.2 Å². The van der Waals surface area contributed by atoms with E-state index in [0.29, 0.717) is 24.6 Å². The fourth-order valence-electron chi connectivity index (χ4n) is 2.45. The summed E-state index contributed by atoms with van der Waals surface area (Å²) < 4.78 is 10.7. The van der Waals surface area contributed by atoms with Gasteiger partial charge in [0.25, 0.3) is 5.91 Å². The maximum absolute atomic E-state index is 12.0. The number of anilines is 1. The van der Waals surface area contributed by atoms with Crippen molar-refractivity contribution in [1.82, 2.24) is 10.3 Å². The van der Waals surface area contributed by atoms with Gasteiger partial charge in [-0.1, -0.05) is 19.9 Å². The summed E-state index contributed by atoms with van der Waals surface area (Å²) >= 11 is 0. The number of rotatable bonds is 7. The van der Waals surface area contributed by atoms with Gasteiger partial charge in [-0.2, -0.15) is 0 Å². The van der Waals surface area contributed by atoms with E-state index < -0.39 is 0 Å². The Morgan fingerprint density at radius 1 is 1.20 bits per heavy atom. The first-order valence-corrected chi connectivity index (χ1v) is 8.48. The summed E-state index contributed by atoms with van der Waals surface area (Å²) in [6, 6.07) is 9.42. The monoisotopic (exact) mass is 341 g/mol. The van der Waals surface area contributed by atoms with E-state index in [0.717, 1.165) is 29.3 Å². The molecule has 3 rings (SSSR count). The largest absolute Gasteiger partial charge is 0.454 e. The summed E-state index contributed by atoms with van der Waals surface area (Å²) in [5, 5.41) is 6.14. The molecule has 0 atom stereocenters. The molecular formula is C19H23N3O3. The van der Waals surface area contributed by atoms with E-state index in [2.05, 4.69) is 29.5 Å². The molecule has 6 heteroatoms. The van der Waals surface area contributed by atoms with Crippen molar-refractivity contribution < 1.29 is 14.3 Å². The van der Waals surface area contributed by atoms with Gasteiger partial charge >= 0.3 is 0 Å². The van der Waals surface area contributed by atoms with Gasteiger partial charge in [-0.05, 0) is 42.2 Å². The van der Waals surface area contributed by atoms with E-state index in [1.165, 1.54) is 0 Å². The molecule has 132 valence electrons. The highest BCUT2D eigenvalue weighted by atomic mass is 16.7. The molecule has 2 aromatic rings. The van der Waals surface area contributed by atoms with Gasteiger partial charge in [-0.3, -0.25) is 4.79 Å². The minimum absolute atomic E-state index is 0.0875. The van der Waals surface area contributed by atoms with Crippen molar-refractivity contribution in [1.29, 1.82) is 0 Å². The van der Waals surface area contributed by atoms with Crippen LogP contribution in [0.1, 0.15) is 36.2 Å². The average molecular weight is 341 g/mol. The number of ether oxygens (including phenoxy) is 2. The maximum atomic E-state index is 12.0. The summed E-state index contributed by atoms with van der Waals surface area (Å²) in [7, 11) is 0. The number of nitrogens with one attached hydrogen (secondary N) is 2. The second-order valence-electron chi connectivity index (χ2n) is 6.41. The summed E-state index contributed by atoms with van der Waals surface area (Å²) in [5.74, 6) is 2.74. The summed E-state index contributed by atoms with van der Waals surface area (Å²) in [6.45, 7) is 5.83.